The van der Waals surface area contributed by atoms with E-state index in [0.29, 0.717) is 12.0 Å². The lowest BCUT2D eigenvalue weighted by molar-refractivity contribution is 0.723. The van der Waals surface area contributed by atoms with Gasteiger partial charge in [0, 0.05) is 25.0 Å². The van der Waals surface area contributed by atoms with Crippen LogP contribution in [0.5, 0.6) is 0 Å². The molecule has 3 unspecified atom stereocenters. The maximum absolute atomic E-state index is 4.47. The topological polar surface area (TPSA) is 36.4 Å². The SMILES string of the molecule is CCN=C(NCC)NC1C2Cc3ccccc3C21. The second-order valence-electron chi connectivity index (χ2n) is 5.12. The molecule has 0 amide bonds. The second-order valence-corrected chi connectivity index (χ2v) is 5.12. The van der Waals surface area contributed by atoms with Gasteiger partial charge >= 0.3 is 0 Å². The molecule has 3 heteroatoms. The van der Waals surface area contributed by atoms with Crippen molar-refractivity contribution in [1.29, 1.82) is 0 Å². The molecule has 2 N–H and O–H groups in total. The van der Waals surface area contributed by atoms with Gasteiger partial charge in [-0.05, 0) is 37.3 Å². The fraction of sp³-hybridized carbons (Fsp3) is 0.533. The van der Waals surface area contributed by atoms with Crippen LogP contribution >= 0.6 is 0 Å². The molecular formula is C15H21N3. The maximum atomic E-state index is 4.47. The van der Waals surface area contributed by atoms with Crippen LogP contribution < -0.4 is 10.6 Å². The quantitative estimate of drug-likeness (QED) is 0.628. The van der Waals surface area contributed by atoms with Crippen molar-refractivity contribution in [2.75, 3.05) is 13.1 Å². The molecule has 96 valence electrons. The molecule has 1 aromatic rings. The lowest BCUT2D eigenvalue weighted by atomic mass is 10.1. The Hall–Kier alpha value is -1.51. The molecule has 1 saturated carbocycles. The van der Waals surface area contributed by atoms with Gasteiger partial charge < -0.3 is 10.6 Å². The number of fused-ring (bicyclic) bond motifs is 3. The minimum absolute atomic E-state index is 0.587. The average Bonchev–Trinajstić information content (AvgIpc) is 2.89. The summed E-state index contributed by atoms with van der Waals surface area (Å²) >= 11 is 0. The molecule has 0 heterocycles. The van der Waals surface area contributed by atoms with E-state index in [-0.39, 0.29) is 0 Å². The summed E-state index contributed by atoms with van der Waals surface area (Å²) in [7, 11) is 0. The van der Waals surface area contributed by atoms with Gasteiger partial charge in [0.05, 0.1) is 0 Å². The summed E-state index contributed by atoms with van der Waals surface area (Å²) in [6, 6.07) is 9.44. The van der Waals surface area contributed by atoms with Gasteiger partial charge in [0.15, 0.2) is 5.96 Å². The molecular weight excluding hydrogens is 222 g/mol. The molecule has 0 bridgehead atoms. The maximum Gasteiger partial charge on any atom is 0.191 e. The first-order valence-corrected chi connectivity index (χ1v) is 6.97. The van der Waals surface area contributed by atoms with Crippen LogP contribution in [0.3, 0.4) is 0 Å². The summed E-state index contributed by atoms with van der Waals surface area (Å²) in [6.07, 6.45) is 1.23. The molecule has 0 spiro atoms. The van der Waals surface area contributed by atoms with E-state index in [1.807, 2.05) is 0 Å². The number of benzene rings is 1. The van der Waals surface area contributed by atoms with Gasteiger partial charge in [-0.25, -0.2) is 0 Å². The second kappa shape index (κ2) is 4.63. The van der Waals surface area contributed by atoms with E-state index in [1.165, 1.54) is 6.42 Å². The number of aliphatic imine (C=N–C) groups is 1. The zero-order valence-corrected chi connectivity index (χ0v) is 11.1. The number of hydrogen-bond acceptors (Lipinski definition) is 1. The van der Waals surface area contributed by atoms with E-state index in [2.05, 4.69) is 53.7 Å². The number of rotatable bonds is 3. The largest absolute Gasteiger partial charge is 0.357 e. The molecule has 3 atom stereocenters. The Morgan fingerprint density at radius 2 is 2.17 bits per heavy atom. The molecule has 18 heavy (non-hydrogen) atoms. The van der Waals surface area contributed by atoms with E-state index in [4.69, 9.17) is 0 Å². The van der Waals surface area contributed by atoms with Gasteiger partial charge in [0.25, 0.3) is 0 Å². The van der Waals surface area contributed by atoms with E-state index in [1.54, 1.807) is 11.1 Å². The van der Waals surface area contributed by atoms with Crippen LogP contribution in [0.4, 0.5) is 0 Å². The third-order valence-corrected chi connectivity index (χ3v) is 4.00. The molecule has 0 aromatic heterocycles. The van der Waals surface area contributed by atoms with Gasteiger partial charge in [-0.3, -0.25) is 4.99 Å². The van der Waals surface area contributed by atoms with E-state index >= 15 is 0 Å². The molecule has 1 aromatic carbocycles. The minimum Gasteiger partial charge on any atom is -0.357 e. The summed E-state index contributed by atoms with van der Waals surface area (Å²) in [5.74, 6) is 2.46. The van der Waals surface area contributed by atoms with Crippen molar-refractivity contribution < 1.29 is 0 Å². The van der Waals surface area contributed by atoms with Crippen LogP contribution in [0, 0.1) is 5.92 Å². The highest BCUT2D eigenvalue weighted by Gasteiger charge is 2.55. The van der Waals surface area contributed by atoms with Crippen molar-refractivity contribution in [3.05, 3.63) is 35.4 Å². The van der Waals surface area contributed by atoms with Gasteiger partial charge in [0.2, 0.25) is 0 Å². The van der Waals surface area contributed by atoms with Crippen molar-refractivity contribution in [1.82, 2.24) is 10.6 Å². The highest BCUT2D eigenvalue weighted by molar-refractivity contribution is 5.81. The molecule has 3 rings (SSSR count). The average molecular weight is 243 g/mol. The Bertz CT molecular complexity index is 467. The zero-order chi connectivity index (χ0) is 12.5. The molecule has 3 nitrogen and oxygen atoms in total. The van der Waals surface area contributed by atoms with Crippen LogP contribution in [0.25, 0.3) is 0 Å². The molecule has 0 saturated heterocycles. The summed E-state index contributed by atoms with van der Waals surface area (Å²) in [4.78, 5) is 4.47. The lowest BCUT2D eigenvalue weighted by Crippen LogP contribution is -2.40. The van der Waals surface area contributed by atoms with E-state index < -0.39 is 0 Å². The summed E-state index contributed by atoms with van der Waals surface area (Å²) in [5, 5.41) is 6.88. The Morgan fingerprint density at radius 1 is 1.33 bits per heavy atom. The fourth-order valence-corrected chi connectivity index (χ4v) is 3.18. The monoisotopic (exact) mass is 243 g/mol. The molecule has 0 aliphatic heterocycles. The van der Waals surface area contributed by atoms with Crippen molar-refractivity contribution in [2.45, 2.75) is 32.2 Å². The molecule has 2 aliphatic carbocycles. The number of nitrogens with zero attached hydrogens (tertiary/aromatic N) is 1. The Morgan fingerprint density at radius 3 is 2.94 bits per heavy atom. The van der Waals surface area contributed by atoms with Crippen LogP contribution in [0.1, 0.15) is 30.9 Å². The number of nitrogens with one attached hydrogen (secondary N) is 2. The van der Waals surface area contributed by atoms with Gasteiger partial charge in [0.1, 0.15) is 0 Å². The third-order valence-electron chi connectivity index (χ3n) is 4.00. The zero-order valence-electron chi connectivity index (χ0n) is 11.1. The smallest absolute Gasteiger partial charge is 0.191 e. The first-order chi connectivity index (χ1) is 8.85. The minimum atomic E-state index is 0.587. The number of hydrogen-bond donors (Lipinski definition) is 2. The van der Waals surface area contributed by atoms with Gasteiger partial charge in [-0.15, -0.1) is 0 Å². The van der Waals surface area contributed by atoms with E-state index in [9.17, 15) is 0 Å². The first kappa shape index (κ1) is 11.6. The fourth-order valence-electron chi connectivity index (χ4n) is 3.18. The third kappa shape index (κ3) is 1.88. The van der Waals surface area contributed by atoms with Crippen molar-refractivity contribution in [3.8, 4) is 0 Å². The van der Waals surface area contributed by atoms with Crippen molar-refractivity contribution in [2.24, 2.45) is 10.9 Å². The summed E-state index contributed by atoms with van der Waals surface area (Å²) in [6.45, 7) is 5.93. The van der Waals surface area contributed by atoms with Gasteiger partial charge in [-0.2, -0.15) is 0 Å². The van der Waals surface area contributed by atoms with Crippen LogP contribution in [0.15, 0.2) is 29.3 Å². The molecule has 2 aliphatic rings. The molecule has 0 radical (unpaired) electrons. The van der Waals surface area contributed by atoms with Gasteiger partial charge in [-0.1, -0.05) is 24.3 Å². The first-order valence-electron chi connectivity index (χ1n) is 6.97. The lowest BCUT2D eigenvalue weighted by Gasteiger charge is -2.13. The predicted octanol–water partition coefficient (Wildman–Crippen LogP) is 1.90. The van der Waals surface area contributed by atoms with Crippen molar-refractivity contribution in [3.63, 3.8) is 0 Å². The normalized spacial score (nSPS) is 28.6. The summed E-state index contributed by atoms with van der Waals surface area (Å²) < 4.78 is 0. The summed E-state index contributed by atoms with van der Waals surface area (Å²) in [5.41, 5.74) is 3.09. The Balaban J connectivity index is 1.67. The highest BCUT2D eigenvalue weighted by Crippen LogP contribution is 2.56. The standard InChI is InChI=1S/C15H21N3/c1-3-16-15(17-4-2)18-14-12-9-10-7-5-6-8-11(10)13(12)14/h5-8,12-14H,3-4,9H2,1-2H3,(H2,16,17,18). The van der Waals surface area contributed by atoms with Crippen LogP contribution in [0.2, 0.25) is 0 Å². The Kier molecular flexibility index (Phi) is 2.98. The van der Waals surface area contributed by atoms with Crippen LogP contribution in [-0.4, -0.2) is 25.1 Å². The number of guanidine groups is 1. The van der Waals surface area contributed by atoms with Crippen LogP contribution in [-0.2, 0) is 6.42 Å². The predicted molar refractivity (Wildman–Crippen MR) is 75.0 cm³/mol. The Labute approximate surface area is 109 Å². The highest BCUT2D eigenvalue weighted by atomic mass is 15.2. The van der Waals surface area contributed by atoms with Crippen molar-refractivity contribution >= 4 is 5.96 Å². The molecule has 1 fully saturated rings. The van der Waals surface area contributed by atoms with E-state index in [0.717, 1.165) is 25.0 Å².